The predicted octanol–water partition coefficient (Wildman–Crippen LogP) is 4.88. The molecule has 110 valence electrons. The lowest BCUT2D eigenvalue weighted by atomic mass is 10.0. The Labute approximate surface area is 135 Å². The van der Waals surface area contributed by atoms with Crippen LogP contribution in [-0.4, -0.2) is 8.07 Å². The van der Waals surface area contributed by atoms with Crippen molar-refractivity contribution in [2.75, 3.05) is 0 Å². The van der Waals surface area contributed by atoms with Gasteiger partial charge in [0.25, 0.3) is 0 Å². The maximum absolute atomic E-state index is 3.44. The van der Waals surface area contributed by atoms with Crippen molar-refractivity contribution in [3.8, 4) is 23.3 Å². The third-order valence-corrected chi connectivity index (χ3v) is 4.06. The Bertz CT molecular complexity index is 757. The summed E-state index contributed by atoms with van der Waals surface area (Å²) in [5.74, 6) is 9.82. The molecule has 0 N–H and O–H groups in total. The van der Waals surface area contributed by atoms with E-state index in [4.69, 9.17) is 0 Å². The second-order valence-electron chi connectivity index (χ2n) is 6.34. The molecule has 0 amide bonds. The van der Waals surface area contributed by atoms with E-state index >= 15 is 0 Å². The van der Waals surface area contributed by atoms with Gasteiger partial charge in [0.15, 0.2) is 0 Å². The Kier molecular flexibility index (Phi) is 5.26. The second kappa shape index (κ2) is 7.17. The summed E-state index contributed by atoms with van der Waals surface area (Å²) < 4.78 is 0. The lowest BCUT2D eigenvalue weighted by Crippen LogP contribution is -2.16. The highest BCUT2D eigenvalue weighted by atomic mass is 28.3. The SMILES string of the molecule is CCc1cc(C#Cc2ccccc2)ccc1C#C[Si](C)(C)C. The van der Waals surface area contributed by atoms with E-state index in [9.17, 15) is 0 Å². The van der Waals surface area contributed by atoms with Crippen molar-refractivity contribution in [3.05, 3.63) is 70.8 Å². The van der Waals surface area contributed by atoms with E-state index < -0.39 is 8.07 Å². The van der Waals surface area contributed by atoms with E-state index in [-0.39, 0.29) is 0 Å². The number of aryl methyl sites for hydroxylation is 1. The molecule has 0 atom stereocenters. The Morgan fingerprint density at radius 2 is 1.50 bits per heavy atom. The minimum atomic E-state index is -1.34. The summed E-state index contributed by atoms with van der Waals surface area (Å²) in [4.78, 5) is 0. The van der Waals surface area contributed by atoms with Crippen LogP contribution in [0.25, 0.3) is 0 Å². The van der Waals surface area contributed by atoms with Crippen molar-refractivity contribution in [2.45, 2.75) is 33.0 Å². The zero-order chi connectivity index (χ0) is 16.0. The van der Waals surface area contributed by atoms with Gasteiger partial charge in [-0.1, -0.05) is 62.5 Å². The first-order chi connectivity index (χ1) is 10.5. The van der Waals surface area contributed by atoms with E-state index in [1.54, 1.807) is 0 Å². The van der Waals surface area contributed by atoms with Crippen LogP contribution in [0.2, 0.25) is 19.6 Å². The van der Waals surface area contributed by atoms with Crippen molar-refractivity contribution in [1.29, 1.82) is 0 Å². The second-order valence-corrected chi connectivity index (χ2v) is 11.1. The van der Waals surface area contributed by atoms with Gasteiger partial charge in [-0.15, -0.1) is 5.54 Å². The summed E-state index contributed by atoms with van der Waals surface area (Å²) >= 11 is 0. The topological polar surface area (TPSA) is 0 Å². The summed E-state index contributed by atoms with van der Waals surface area (Å²) in [6, 6.07) is 16.4. The summed E-state index contributed by atoms with van der Waals surface area (Å²) in [5, 5.41) is 0. The van der Waals surface area contributed by atoms with Crippen LogP contribution in [0, 0.1) is 23.3 Å². The van der Waals surface area contributed by atoms with Gasteiger partial charge in [-0.25, -0.2) is 0 Å². The maximum Gasteiger partial charge on any atom is 0.129 e. The van der Waals surface area contributed by atoms with Crippen molar-refractivity contribution < 1.29 is 0 Å². The molecule has 0 saturated carbocycles. The standard InChI is InChI=1S/C21H22Si/c1-5-20-17-19(12-11-18-9-7-6-8-10-18)13-14-21(20)15-16-22(2,3)4/h6-10,13-14,17H,5H2,1-4H3. The zero-order valence-electron chi connectivity index (χ0n) is 13.8. The minimum Gasteiger partial charge on any atom is -0.127 e. The largest absolute Gasteiger partial charge is 0.129 e. The highest BCUT2D eigenvalue weighted by Crippen LogP contribution is 2.12. The molecule has 2 rings (SSSR count). The predicted molar refractivity (Wildman–Crippen MR) is 98.5 cm³/mol. The van der Waals surface area contributed by atoms with E-state index in [1.165, 1.54) is 5.56 Å². The molecule has 0 bridgehead atoms. The van der Waals surface area contributed by atoms with Crippen LogP contribution in [0.5, 0.6) is 0 Å². The van der Waals surface area contributed by atoms with Crippen LogP contribution in [-0.2, 0) is 6.42 Å². The van der Waals surface area contributed by atoms with E-state index in [0.29, 0.717) is 0 Å². The minimum absolute atomic E-state index is 0.983. The number of rotatable bonds is 1. The highest BCUT2D eigenvalue weighted by Gasteiger charge is 2.08. The number of hydrogen-bond acceptors (Lipinski definition) is 0. The summed E-state index contributed by atoms with van der Waals surface area (Å²) in [6.45, 7) is 8.98. The van der Waals surface area contributed by atoms with E-state index in [1.807, 2.05) is 30.3 Å². The number of hydrogen-bond donors (Lipinski definition) is 0. The van der Waals surface area contributed by atoms with Crippen molar-refractivity contribution in [2.24, 2.45) is 0 Å². The fraction of sp³-hybridized carbons (Fsp3) is 0.238. The molecule has 0 fully saturated rings. The average molecular weight is 302 g/mol. The lowest BCUT2D eigenvalue weighted by Gasteiger charge is -2.06. The maximum atomic E-state index is 3.44. The van der Waals surface area contributed by atoms with Crippen LogP contribution in [0.1, 0.15) is 29.2 Å². The first-order valence-corrected chi connectivity index (χ1v) is 11.2. The fourth-order valence-electron chi connectivity index (χ4n) is 2.01. The van der Waals surface area contributed by atoms with Crippen molar-refractivity contribution >= 4 is 8.07 Å². The first-order valence-electron chi connectivity index (χ1n) is 7.71. The van der Waals surface area contributed by atoms with Gasteiger partial charge in [0, 0.05) is 16.7 Å². The molecule has 1 heteroatoms. The Hall–Kier alpha value is -2.22. The Balaban J connectivity index is 2.30. The summed E-state index contributed by atoms with van der Waals surface area (Å²) in [7, 11) is -1.34. The van der Waals surface area contributed by atoms with E-state index in [2.05, 4.69) is 68.1 Å². The summed E-state index contributed by atoms with van der Waals surface area (Å²) in [6.07, 6.45) is 0.983. The smallest absolute Gasteiger partial charge is 0.127 e. The van der Waals surface area contributed by atoms with Crippen molar-refractivity contribution in [3.63, 3.8) is 0 Å². The normalized spacial score (nSPS) is 10.2. The Morgan fingerprint density at radius 3 is 2.14 bits per heavy atom. The van der Waals surface area contributed by atoms with Gasteiger partial charge in [-0.2, -0.15) is 0 Å². The first kappa shape index (κ1) is 16.2. The van der Waals surface area contributed by atoms with Gasteiger partial charge < -0.3 is 0 Å². The molecular weight excluding hydrogens is 280 g/mol. The number of benzene rings is 2. The van der Waals surface area contributed by atoms with Gasteiger partial charge in [0.05, 0.1) is 0 Å². The molecule has 0 aromatic heterocycles. The molecule has 0 aliphatic rings. The van der Waals surface area contributed by atoms with Crippen LogP contribution >= 0.6 is 0 Å². The van der Waals surface area contributed by atoms with Gasteiger partial charge in [-0.3, -0.25) is 0 Å². The molecule has 2 aromatic rings. The third kappa shape index (κ3) is 4.96. The van der Waals surface area contributed by atoms with E-state index in [0.717, 1.165) is 23.1 Å². The monoisotopic (exact) mass is 302 g/mol. The average Bonchev–Trinajstić information content (AvgIpc) is 2.51. The Morgan fingerprint density at radius 1 is 0.818 bits per heavy atom. The fourth-order valence-corrected chi connectivity index (χ4v) is 2.52. The summed E-state index contributed by atoms with van der Waals surface area (Å²) in [5.41, 5.74) is 7.97. The highest BCUT2D eigenvalue weighted by molar-refractivity contribution is 6.83. The van der Waals surface area contributed by atoms with Crippen LogP contribution in [0.15, 0.2) is 48.5 Å². The quantitative estimate of drug-likeness (QED) is 0.520. The molecule has 22 heavy (non-hydrogen) atoms. The van der Waals surface area contributed by atoms with Crippen LogP contribution in [0.3, 0.4) is 0 Å². The molecule has 0 aliphatic carbocycles. The van der Waals surface area contributed by atoms with Gasteiger partial charge in [0.2, 0.25) is 0 Å². The molecule has 2 aromatic carbocycles. The molecule has 0 saturated heterocycles. The van der Waals surface area contributed by atoms with Crippen LogP contribution in [0.4, 0.5) is 0 Å². The van der Waals surface area contributed by atoms with Gasteiger partial charge >= 0.3 is 0 Å². The third-order valence-electron chi connectivity index (χ3n) is 3.18. The molecule has 0 aliphatic heterocycles. The van der Waals surface area contributed by atoms with Gasteiger partial charge in [0.1, 0.15) is 8.07 Å². The molecule has 0 radical (unpaired) electrons. The molecule has 0 nitrogen and oxygen atoms in total. The molecular formula is C21H22Si. The molecule has 0 unspecified atom stereocenters. The zero-order valence-corrected chi connectivity index (χ0v) is 14.8. The molecule has 0 heterocycles. The molecule has 0 spiro atoms. The van der Waals surface area contributed by atoms with Gasteiger partial charge in [-0.05, 0) is 42.3 Å². The van der Waals surface area contributed by atoms with Crippen molar-refractivity contribution in [1.82, 2.24) is 0 Å². The lowest BCUT2D eigenvalue weighted by molar-refractivity contribution is 1.13. The van der Waals surface area contributed by atoms with Crippen LogP contribution < -0.4 is 0 Å².